The Balaban J connectivity index is 3.68. The second-order valence-corrected chi connectivity index (χ2v) is 3.56. The van der Waals surface area contributed by atoms with Gasteiger partial charge in [0, 0.05) is 12.5 Å². The SMILES string of the molecule is C=CCNC(=O)[C@@H](C)CC(C)C. The first-order valence-corrected chi connectivity index (χ1v) is 4.46. The van der Waals surface area contributed by atoms with E-state index in [0.29, 0.717) is 12.5 Å². The third-order valence-electron chi connectivity index (χ3n) is 1.69. The van der Waals surface area contributed by atoms with Gasteiger partial charge in [-0.2, -0.15) is 0 Å². The normalized spacial score (nSPS) is 12.7. The Morgan fingerprint density at radius 3 is 2.50 bits per heavy atom. The molecule has 12 heavy (non-hydrogen) atoms. The Morgan fingerprint density at radius 1 is 1.50 bits per heavy atom. The van der Waals surface area contributed by atoms with Gasteiger partial charge in [0.25, 0.3) is 0 Å². The molecule has 0 spiro atoms. The molecule has 0 aliphatic rings. The fourth-order valence-corrected chi connectivity index (χ4v) is 1.16. The lowest BCUT2D eigenvalue weighted by Gasteiger charge is -2.12. The number of carbonyl (C=O) groups is 1. The van der Waals surface area contributed by atoms with Gasteiger partial charge in [0.15, 0.2) is 0 Å². The van der Waals surface area contributed by atoms with Crippen LogP contribution in [0.3, 0.4) is 0 Å². The molecule has 0 saturated carbocycles. The Bertz CT molecular complexity index is 152. The van der Waals surface area contributed by atoms with Gasteiger partial charge in [-0.1, -0.05) is 26.8 Å². The summed E-state index contributed by atoms with van der Waals surface area (Å²) in [6, 6.07) is 0. The third kappa shape index (κ3) is 4.94. The topological polar surface area (TPSA) is 29.1 Å². The van der Waals surface area contributed by atoms with Crippen molar-refractivity contribution in [3.8, 4) is 0 Å². The number of carbonyl (C=O) groups excluding carboxylic acids is 1. The van der Waals surface area contributed by atoms with Gasteiger partial charge in [0.2, 0.25) is 5.91 Å². The first-order chi connectivity index (χ1) is 5.57. The van der Waals surface area contributed by atoms with Crippen LogP contribution in [0.5, 0.6) is 0 Å². The molecule has 0 aromatic rings. The second-order valence-electron chi connectivity index (χ2n) is 3.56. The van der Waals surface area contributed by atoms with E-state index in [1.807, 2.05) is 6.92 Å². The third-order valence-corrected chi connectivity index (χ3v) is 1.69. The summed E-state index contributed by atoms with van der Waals surface area (Å²) in [4.78, 5) is 11.3. The largest absolute Gasteiger partial charge is 0.352 e. The van der Waals surface area contributed by atoms with Crippen molar-refractivity contribution in [3.63, 3.8) is 0 Å². The molecule has 0 aliphatic carbocycles. The van der Waals surface area contributed by atoms with Gasteiger partial charge in [-0.05, 0) is 12.3 Å². The highest BCUT2D eigenvalue weighted by atomic mass is 16.1. The maximum atomic E-state index is 11.3. The van der Waals surface area contributed by atoms with Crippen LogP contribution in [0.1, 0.15) is 27.2 Å². The molecule has 1 amide bonds. The molecular formula is C10H19NO. The fourth-order valence-electron chi connectivity index (χ4n) is 1.16. The molecule has 0 heterocycles. The Hall–Kier alpha value is -0.790. The first kappa shape index (κ1) is 11.2. The van der Waals surface area contributed by atoms with E-state index < -0.39 is 0 Å². The van der Waals surface area contributed by atoms with Crippen LogP contribution in [0, 0.1) is 11.8 Å². The van der Waals surface area contributed by atoms with Crippen molar-refractivity contribution in [2.24, 2.45) is 11.8 Å². The minimum Gasteiger partial charge on any atom is -0.352 e. The minimum absolute atomic E-state index is 0.116. The Morgan fingerprint density at radius 2 is 2.08 bits per heavy atom. The molecule has 0 rings (SSSR count). The highest BCUT2D eigenvalue weighted by Crippen LogP contribution is 2.10. The summed E-state index contributed by atoms with van der Waals surface area (Å²) in [5, 5.41) is 2.78. The molecule has 2 heteroatoms. The van der Waals surface area contributed by atoms with E-state index in [1.165, 1.54) is 0 Å². The summed E-state index contributed by atoms with van der Waals surface area (Å²) < 4.78 is 0. The Labute approximate surface area is 75.0 Å². The zero-order chi connectivity index (χ0) is 9.56. The molecule has 0 aromatic heterocycles. The van der Waals surface area contributed by atoms with Crippen molar-refractivity contribution < 1.29 is 4.79 Å². The molecule has 0 aliphatic heterocycles. The number of rotatable bonds is 5. The lowest BCUT2D eigenvalue weighted by atomic mass is 9.98. The number of hydrogen-bond donors (Lipinski definition) is 1. The van der Waals surface area contributed by atoms with E-state index >= 15 is 0 Å². The summed E-state index contributed by atoms with van der Waals surface area (Å²) in [5.74, 6) is 0.822. The lowest BCUT2D eigenvalue weighted by molar-refractivity contribution is -0.124. The zero-order valence-corrected chi connectivity index (χ0v) is 8.26. The van der Waals surface area contributed by atoms with Gasteiger partial charge >= 0.3 is 0 Å². The van der Waals surface area contributed by atoms with E-state index in [-0.39, 0.29) is 11.8 Å². The average Bonchev–Trinajstić information content (AvgIpc) is 1.98. The number of amides is 1. The van der Waals surface area contributed by atoms with Crippen LogP contribution in [0.4, 0.5) is 0 Å². The van der Waals surface area contributed by atoms with Crippen molar-refractivity contribution >= 4 is 5.91 Å². The molecular weight excluding hydrogens is 150 g/mol. The summed E-state index contributed by atoms with van der Waals surface area (Å²) >= 11 is 0. The lowest BCUT2D eigenvalue weighted by Crippen LogP contribution is -2.29. The highest BCUT2D eigenvalue weighted by molar-refractivity contribution is 5.78. The van der Waals surface area contributed by atoms with E-state index in [4.69, 9.17) is 0 Å². The van der Waals surface area contributed by atoms with Crippen molar-refractivity contribution in [2.45, 2.75) is 27.2 Å². The first-order valence-electron chi connectivity index (χ1n) is 4.46. The molecule has 2 nitrogen and oxygen atoms in total. The number of nitrogens with one attached hydrogen (secondary N) is 1. The van der Waals surface area contributed by atoms with E-state index in [2.05, 4.69) is 25.7 Å². The van der Waals surface area contributed by atoms with E-state index in [0.717, 1.165) is 6.42 Å². The maximum absolute atomic E-state index is 11.3. The summed E-state index contributed by atoms with van der Waals surface area (Å²) in [7, 11) is 0. The van der Waals surface area contributed by atoms with Crippen LogP contribution >= 0.6 is 0 Å². The van der Waals surface area contributed by atoms with Gasteiger partial charge in [-0.3, -0.25) is 4.79 Å². The molecule has 0 bridgehead atoms. The molecule has 0 fully saturated rings. The van der Waals surface area contributed by atoms with Crippen molar-refractivity contribution in [3.05, 3.63) is 12.7 Å². The maximum Gasteiger partial charge on any atom is 0.223 e. The van der Waals surface area contributed by atoms with E-state index in [9.17, 15) is 4.79 Å². The molecule has 1 atom stereocenters. The molecule has 0 saturated heterocycles. The van der Waals surface area contributed by atoms with Crippen LogP contribution in [0.2, 0.25) is 0 Å². The summed E-state index contributed by atoms with van der Waals surface area (Å²) in [6.07, 6.45) is 2.64. The van der Waals surface area contributed by atoms with Crippen molar-refractivity contribution in [1.82, 2.24) is 5.32 Å². The van der Waals surface area contributed by atoms with Gasteiger partial charge in [0.05, 0.1) is 0 Å². The molecule has 70 valence electrons. The van der Waals surface area contributed by atoms with Gasteiger partial charge < -0.3 is 5.32 Å². The van der Waals surface area contributed by atoms with E-state index in [1.54, 1.807) is 6.08 Å². The van der Waals surface area contributed by atoms with Crippen molar-refractivity contribution in [1.29, 1.82) is 0 Å². The predicted molar refractivity (Wildman–Crippen MR) is 51.8 cm³/mol. The predicted octanol–water partition coefficient (Wildman–Crippen LogP) is 1.97. The molecule has 0 aromatic carbocycles. The summed E-state index contributed by atoms with van der Waals surface area (Å²) in [6.45, 7) is 10.3. The highest BCUT2D eigenvalue weighted by Gasteiger charge is 2.12. The zero-order valence-electron chi connectivity index (χ0n) is 8.26. The Kier molecular flexibility index (Phi) is 5.43. The van der Waals surface area contributed by atoms with Crippen LogP contribution < -0.4 is 5.32 Å². The average molecular weight is 169 g/mol. The van der Waals surface area contributed by atoms with Gasteiger partial charge in [-0.25, -0.2) is 0 Å². The van der Waals surface area contributed by atoms with Gasteiger partial charge in [0.1, 0.15) is 0 Å². The smallest absolute Gasteiger partial charge is 0.223 e. The number of hydrogen-bond acceptors (Lipinski definition) is 1. The fraction of sp³-hybridized carbons (Fsp3) is 0.700. The van der Waals surface area contributed by atoms with Crippen molar-refractivity contribution in [2.75, 3.05) is 6.54 Å². The van der Waals surface area contributed by atoms with Gasteiger partial charge in [-0.15, -0.1) is 6.58 Å². The van der Waals surface area contributed by atoms with Crippen LogP contribution in [0.15, 0.2) is 12.7 Å². The summed E-state index contributed by atoms with van der Waals surface area (Å²) in [5.41, 5.74) is 0. The monoisotopic (exact) mass is 169 g/mol. The minimum atomic E-state index is 0.116. The standard InChI is InChI=1S/C10H19NO/c1-5-6-11-10(12)9(4)7-8(2)3/h5,8-9H,1,6-7H2,2-4H3,(H,11,12)/t9-/m0/s1. The van der Waals surface area contributed by atoms with Crippen LogP contribution in [-0.2, 0) is 4.79 Å². The second kappa shape index (κ2) is 5.81. The van der Waals surface area contributed by atoms with Crippen LogP contribution in [0.25, 0.3) is 0 Å². The molecule has 0 radical (unpaired) electrons. The quantitative estimate of drug-likeness (QED) is 0.626. The van der Waals surface area contributed by atoms with Crippen LogP contribution in [-0.4, -0.2) is 12.5 Å². The molecule has 0 unspecified atom stereocenters. The molecule has 1 N–H and O–H groups in total.